The first kappa shape index (κ1) is 25.6. The van der Waals surface area contributed by atoms with E-state index in [1.807, 2.05) is 20.8 Å². The lowest BCUT2D eigenvalue weighted by molar-refractivity contribution is -0.138. The van der Waals surface area contributed by atoms with Gasteiger partial charge in [-0.2, -0.15) is 13.2 Å². The Morgan fingerprint density at radius 3 is 2.61 bits per heavy atom. The molecule has 1 aliphatic heterocycles. The largest absolute Gasteiger partial charge is 0.416 e. The smallest absolute Gasteiger partial charge is 0.392 e. The molecule has 0 spiro atoms. The van der Waals surface area contributed by atoms with Crippen molar-refractivity contribution >= 4 is 17.2 Å². The zero-order valence-electron chi connectivity index (χ0n) is 19.1. The number of aromatic nitrogens is 1. The second-order valence-corrected chi connectivity index (χ2v) is 10.6. The molecule has 3 rings (SSSR count). The second-order valence-electron chi connectivity index (χ2n) is 9.70. The van der Waals surface area contributed by atoms with E-state index in [2.05, 4.69) is 10.3 Å². The van der Waals surface area contributed by atoms with Gasteiger partial charge in [0.2, 0.25) is 5.91 Å². The van der Waals surface area contributed by atoms with Gasteiger partial charge in [0.25, 0.3) is 0 Å². The van der Waals surface area contributed by atoms with E-state index in [4.69, 9.17) is 0 Å². The van der Waals surface area contributed by atoms with E-state index in [1.165, 1.54) is 22.3 Å². The fourth-order valence-corrected chi connectivity index (χ4v) is 4.91. The first-order valence-electron chi connectivity index (χ1n) is 10.8. The number of likely N-dealkylation sites (tertiary alicyclic amines) is 1. The molecule has 1 amide bonds. The lowest BCUT2D eigenvalue weighted by Gasteiger charge is -2.32. The highest BCUT2D eigenvalue weighted by atomic mass is 32.1. The molecule has 6 nitrogen and oxygen atoms in total. The molecule has 182 valence electrons. The Morgan fingerprint density at radius 1 is 1.33 bits per heavy atom. The second kappa shape index (κ2) is 9.69. The van der Waals surface area contributed by atoms with Crippen molar-refractivity contribution in [2.24, 2.45) is 5.41 Å². The van der Waals surface area contributed by atoms with Crippen molar-refractivity contribution in [2.75, 3.05) is 6.54 Å². The maximum Gasteiger partial charge on any atom is 0.416 e. The summed E-state index contributed by atoms with van der Waals surface area (Å²) < 4.78 is 41.3. The van der Waals surface area contributed by atoms with Crippen LogP contribution >= 0.6 is 11.3 Å². The average molecular weight is 486 g/mol. The van der Waals surface area contributed by atoms with Crippen molar-refractivity contribution in [3.8, 4) is 10.4 Å². The van der Waals surface area contributed by atoms with Crippen LogP contribution in [0.2, 0.25) is 0 Å². The quantitative estimate of drug-likeness (QED) is 0.577. The molecular weight excluding hydrogens is 455 g/mol. The molecule has 0 saturated carbocycles. The molecule has 3 N–H and O–H groups in total. The number of carbonyl (C=O) groups is 1. The van der Waals surface area contributed by atoms with Crippen molar-refractivity contribution in [1.82, 2.24) is 15.2 Å². The first-order valence-corrected chi connectivity index (χ1v) is 11.6. The van der Waals surface area contributed by atoms with E-state index >= 15 is 0 Å². The molecule has 3 atom stereocenters. The summed E-state index contributed by atoms with van der Waals surface area (Å²) in [6.07, 6.45) is -5.82. The van der Waals surface area contributed by atoms with Gasteiger partial charge in [-0.05, 0) is 42.4 Å². The number of aryl methyl sites for hydroxylation is 1. The van der Waals surface area contributed by atoms with Crippen molar-refractivity contribution in [2.45, 2.75) is 71.6 Å². The summed E-state index contributed by atoms with van der Waals surface area (Å²) in [5.41, 5.74) is 1.59. The third-order valence-corrected chi connectivity index (χ3v) is 6.65. The normalized spacial score (nSPS) is 20.8. The fourth-order valence-electron chi connectivity index (χ4n) is 4.11. The Morgan fingerprint density at radius 2 is 2.03 bits per heavy atom. The maximum atomic E-state index is 13.8. The zero-order chi connectivity index (χ0) is 24.6. The highest BCUT2D eigenvalue weighted by molar-refractivity contribution is 7.13. The van der Waals surface area contributed by atoms with Crippen molar-refractivity contribution < 1.29 is 28.2 Å². The Bertz CT molecular complexity index is 987. The van der Waals surface area contributed by atoms with E-state index in [0.29, 0.717) is 22.6 Å². The fraction of sp³-hybridized carbons (Fsp3) is 0.565. The number of nitrogens with zero attached hydrogens (tertiary/aromatic N) is 2. The van der Waals surface area contributed by atoms with Gasteiger partial charge in [-0.3, -0.25) is 9.69 Å². The summed E-state index contributed by atoms with van der Waals surface area (Å²) in [5, 5.41) is 23.2. The van der Waals surface area contributed by atoms with Gasteiger partial charge in [-0.15, -0.1) is 11.3 Å². The minimum atomic E-state index is -4.59. The number of nitrogens with one attached hydrogen (secondary N) is 1. The number of halogens is 3. The zero-order valence-corrected chi connectivity index (χ0v) is 19.9. The molecule has 0 aliphatic carbocycles. The van der Waals surface area contributed by atoms with Gasteiger partial charge >= 0.3 is 6.18 Å². The summed E-state index contributed by atoms with van der Waals surface area (Å²) >= 11 is 1.27. The number of alkyl halides is 3. The summed E-state index contributed by atoms with van der Waals surface area (Å²) in [7, 11) is 0. The molecule has 1 saturated heterocycles. The number of rotatable bonds is 6. The van der Waals surface area contributed by atoms with Gasteiger partial charge in [0, 0.05) is 13.1 Å². The van der Waals surface area contributed by atoms with Gasteiger partial charge in [0.15, 0.2) is 0 Å². The SMILES string of the molecule is Cc1ncsc1-c1ccc(CNC(=O)[C@@H]2C[C@@H](O)CN2C(O)CC(C)(C)C)c(C(F)(F)F)c1. The molecular formula is C23H30F3N3O3S. The van der Waals surface area contributed by atoms with E-state index in [0.717, 1.165) is 6.07 Å². The standard InChI is InChI=1S/C23H30F3N3O3S/c1-13-20(33-12-28-13)14-5-6-15(17(7-14)23(24,25)26)10-27-21(32)18-8-16(30)11-29(18)19(31)9-22(2,3)4/h5-7,12,16,18-19,30-31H,8-11H2,1-4H3,(H,27,32)/t16-,18+,19?/m1/s1. The summed E-state index contributed by atoms with van der Waals surface area (Å²) in [4.78, 5) is 19.1. The topological polar surface area (TPSA) is 85.7 Å². The van der Waals surface area contributed by atoms with Crippen LogP contribution in [0.25, 0.3) is 10.4 Å². The van der Waals surface area contributed by atoms with Crippen molar-refractivity contribution in [1.29, 1.82) is 0 Å². The van der Waals surface area contributed by atoms with Crippen LogP contribution in [0.3, 0.4) is 0 Å². The molecule has 1 fully saturated rings. The number of thiazole rings is 1. The third-order valence-electron chi connectivity index (χ3n) is 5.67. The van der Waals surface area contributed by atoms with Gasteiger partial charge < -0.3 is 15.5 Å². The van der Waals surface area contributed by atoms with E-state index in [9.17, 15) is 28.2 Å². The van der Waals surface area contributed by atoms with Gasteiger partial charge in [0.05, 0.1) is 33.8 Å². The van der Waals surface area contributed by atoms with Crippen LogP contribution < -0.4 is 5.32 Å². The summed E-state index contributed by atoms with van der Waals surface area (Å²) in [5.74, 6) is -0.519. The van der Waals surface area contributed by atoms with E-state index < -0.39 is 36.0 Å². The minimum Gasteiger partial charge on any atom is -0.392 e. The minimum absolute atomic E-state index is 0.0536. The number of β-amino-alcohol motifs (C(OH)–C–C–N with tert-alkyl or cyclic N) is 1. The third kappa shape index (κ3) is 6.32. The molecule has 1 unspecified atom stereocenters. The van der Waals surface area contributed by atoms with Gasteiger partial charge in [0.1, 0.15) is 6.23 Å². The number of hydrogen-bond donors (Lipinski definition) is 3. The lowest BCUT2D eigenvalue weighted by atomic mass is 9.91. The number of aliphatic hydroxyl groups is 2. The number of aliphatic hydroxyl groups excluding tert-OH is 2. The highest BCUT2D eigenvalue weighted by Gasteiger charge is 2.40. The Balaban J connectivity index is 1.77. The van der Waals surface area contributed by atoms with Crippen LogP contribution in [0.4, 0.5) is 13.2 Å². The summed E-state index contributed by atoms with van der Waals surface area (Å²) in [6, 6.07) is 3.23. The lowest BCUT2D eigenvalue weighted by Crippen LogP contribution is -2.48. The van der Waals surface area contributed by atoms with Crippen LogP contribution in [0, 0.1) is 12.3 Å². The number of amides is 1. The molecule has 1 aliphatic rings. The predicted molar refractivity (Wildman–Crippen MR) is 120 cm³/mol. The number of benzene rings is 1. The van der Waals surface area contributed by atoms with E-state index in [1.54, 1.807) is 18.5 Å². The van der Waals surface area contributed by atoms with Gasteiger partial charge in [-0.1, -0.05) is 32.9 Å². The van der Waals surface area contributed by atoms with Crippen molar-refractivity contribution in [3.63, 3.8) is 0 Å². The van der Waals surface area contributed by atoms with Gasteiger partial charge in [-0.25, -0.2) is 4.98 Å². The Hall–Kier alpha value is -2.01. The first-order chi connectivity index (χ1) is 15.3. The van der Waals surface area contributed by atoms with Crippen LogP contribution in [0.5, 0.6) is 0 Å². The molecule has 0 bridgehead atoms. The van der Waals surface area contributed by atoms with Crippen LogP contribution in [-0.4, -0.2) is 50.9 Å². The Labute approximate surface area is 195 Å². The predicted octanol–water partition coefficient (Wildman–Crippen LogP) is 3.94. The molecule has 1 aromatic carbocycles. The summed E-state index contributed by atoms with van der Waals surface area (Å²) in [6.45, 7) is 7.41. The van der Waals surface area contributed by atoms with Crippen molar-refractivity contribution in [3.05, 3.63) is 40.5 Å². The van der Waals surface area contributed by atoms with Crippen LogP contribution in [0.1, 0.15) is 50.4 Å². The molecule has 1 aromatic heterocycles. The monoisotopic (exact) mass is 485 g/mol. The average Bonchev–Trinajstić information content (AvgIpc) is 3.29. The van der Waals surface area contributed by atoms with Crippen LogP contribution in [0.15, 0.2) is 23.7 Å². The highest BCUT2D eigenvalue weighted by Crippen LogP contribution is 2.37. The molecule has 10 heteroatoms. The molecule has 0 radical (unpaired) electrons. The maximum absolute atomic E-state index is 13.8. The van der Waals surface area contributed by atoms with E-state index in [-0.39, 0.29) is 30.5 Å². The molecule has 33 heavy (non-hydrogen) atoms. The molecule has 2 heterocycles. The number of carbonyl (C=O) groups excluding carboxylic acids is 1. The number of hydrogen-bond acceptors (Lipinski definition) is 6. The van der Waals surface area contributed by atoms with Crippen LogP contribution in [-0.2, 0) is 17.5 Å². The Kier molecular flexibility index (Phi) is 7.52. The molecule has 2 aromatic rings.